The van der Waals surface area contributed by atoms with E-state index in [0.29, 0.717) is 0 Å². The van der Waals surface area contributed by atoms with Gasteiger partial charge in [0.2, 0.25) is 0 Å². The van der Waals surface area contributed by atoms with Crippen molar-refractivity contribution in [3.63, 3.8) is 0 Å². The van der Waals surface area contributed by atoms with Gasteiger partial charge in [0, 0.05) is 18.8 Å². The highest BCUT2D eigenvalue weighted by Gasteiger charge is 2.00. The number of aryl methyl sites for hydroxylation is 1. The van der Waals surface area contributed by atoms with E-state index in [2.05, 4.69) is 16.9 Å². The minimum absolute atomic E-state index is 1.12. The molecule has 27 heavy (non-hydrogen) atoms. The SMILES string of the molecule is CCCCCCCCCCCCCCCCCc1ncc[nH]1.O=P(O)(O)O. The van der Waals surface area contributed by atoms with Crippen molar-refractivity contribution in [1.29, 1.82) is 0 Å². The molecule has 7 heteroatoms. The predicted molar refractivity (Wildman–Crippen MR) is 111 cm³/mol. The summed E-state index contributed by atoms with van der Waals surface area (Å²) in [7, 11) is -4.64. The maximum Gasteiger partial charge on any atom is 0.466 e. The summed E-state index contributed by atoms with van der Waals surface area (Å²) in [6.07, 6.45) is 26.3. The van der Waals surface area contributed by atoms with Crippen LogP contribution in [0.1, 0.15) is 109 Å². The molecule has 0 saturated carbocycles. The Morgan fingerprint density at radius 1 is 0.778 bits per heavy atom. The van der Waals surface area contributed by atoms with Crippen LogP contribution >= 0.6 is 7.82 Å². The monoisotopic (exact) mass is 404 g/mol. The first-order valence-electron chi connectivity index (χ1n) is 10.7. The molecule has 0 radical (unpaired) electrons. The maximum absolute atomic E-state index is 8.88. The molecule has 0 aliphatic carbocycles. The van der Waals surface area contributed by atoms with Crippen molar-refractivity contribution in [3.8, 4) is 0 Å². The molecule has 0 bridgehead atoms. The Balaban J connectivity index is 0.00000119. The summed E-state index contributed by atoms with van der Waals surface area (Å²) in [4.78, 5) is 29.0. The molecule has 0 aliphatic heterocycles. The van der Waals surface area contributed by atoms with E-state index in [1.54, 1.807) is 0 Å². The van der Waals surface area contributed by atoms with Gasteiger partial charge in [-0.3, -0.25) is 0 Å². The molecule has 6 nitrogen and oxygen atoms in total. The number of nitrogens with zero attached hydrogens (tertiary/aromatic N) is 1. The fraction of sp³-hybridized carbons (Fsp3) is 0.850. The molecule has 0 aliphatic rings. The number of unbranched alkanes of at least 4 members (excludes halogenated alkanes) is 14. The number of rotatable bonds is 16. The van der Waals surface area contributed by atoms with Gasteiger partial charge in [-0.2, -0.15) is 0 Å². The van der Waals surface area contributed by atoms with Crippen molar-refractivity contribution in [3.05, 3.63) is 18.2 Å². The summed E-state index contributed by atoms with van der Waals surface area (Å²) in [5.74, 6) is 1.15. The third kappa shape index (κ3) is 25.3. The lowest BCUT2D eigenvalue weighted by atomic mass is 10.0. The zero-order valence-electron chi connectivity index (χ0n) is 17.1. The molecule has 0 spiro atoms. The first-order chi connectivity index (χ1) is 12.9. The molecular weight excluding hydrogens is 363 g/mol. The third-order valence-electron chi connectivity index (χ3n) is 4.57. The lowest BCUT2D eigenvalue weighted by Crippen LogP contribution is -1.88. The summed E-state index contributed by atoms with van der Waals surface area (Å²) < 4.78 is 8.88. The standard InChI is InChI=1S/C20H38N2.H3O4P/c1-2-3-4-5-6-7-8-9-10-11-12-13-14-15-16-17-20-21-18-19-22-20;1-5(2,3)4/h18-19H,2-17H2,1H3,(H,21,22);(H3,1,2,3,4). The molecule has 1 rings (SSSR count). The van der Waals surface area contributed by atoms with E-state index in [4.69, 9.17) is 19.2 Å². The molecule has 1 heterocycles. The molecule has 0 fully saturated rings. The Labute approximate surface area is 165 Å². The number of nitrogens with one attached hydrogen (secondary N) is 1. The van der Waals surface area contributed by atoms with E-state index >= 15 is 0 Å². The quantitative estimate of drug-likeness (QED) is 0.203. The number of aromatic amines is 1. The van der Waals surface area contributed by atoms with E-state index in [-0.39, 0.29) is 0 Å². The normalized spacial score (nSPS) is 11.3. The van der Waals surface area contributed by atoms with Gasteiger partial charge in [-0.15, -0.1) is 0 Å². The largest absolute Gasteiger partial charge is 0.466 e. The lowest BCUT2D eigenvalue weighted by molar-refractivity contribution is 0.275. The molecule has 0 unspecified atom stereocenters. The van der Waals surface area contributed by atoms with Crippen molar-refractivity contribution in [1.82, 2.24) is 9.97 Å². The van der Waals surface area contributed by atoms with Gasteiger partial charge in [-0.1, -0.05) is 96.8 Å². The fourth-order valence-corrected chi connectivity index (χ4v) is 3.10. The van der Waals surface area contributed by atoms with E-state index < -0.39 is 7.82 Å². The molecule has 1 aromatic rings. The van der Waals surface area contributed by atoms with Gasteiger partial charge in [0.1, 0.15) is 5.82 Å². The Bertz CT molecular complexity index is 441. The highest BCUT2D eigenvalue weighted by Crippen LogP contribution is 2.25. The van der Waals surface area contributed by atoms with E-state index in [0.717, 1.165) is 12.2 Å². The Morgan fingerprint density at radius 2 is 1.15 bits per heavy atom. The van der Waals surface area contributed by atoms with E-state index in [1.165, 1.54) is 96.3 Å². The number of H-pyrrole nitrogens is 1. The van der Waals surface area contributed by atoms with Crippen molar-refractivity contribution >= 4 is 7.82 Å². The van der Waals surface area contributed by atoms with Gasteiger partial charge >= 0.3 is 7.82 Å². The van der Waals surface area contributed by atoms with Crippen LogP contribution in [0.5, 0.6) is 0 Å². The molecule has 0 saturated heterocycles. The topological polar surface area (TPSA) is 106 Å². The summed E-state index contributed by atoms with van der Waals surface area (Å²) in [6, 6.07) is 0. The lowest BCUT2D eigenvalue weighted by Gasteiger charge is -2.03. The van der Waals surface area contributed by atoms with Crippen LogP contribution < -0.4 is 0 Å². The first kappa shape index (κ1) is 26.3. The second-order valence-corrected chi connectivity index (χ2v) is 8.28. The molecule has 1 aromatic heterocycles. The smallest absolute Gasteiger partial charge is 0.349 e. The number of hydrogen-bond donors (Lipinski definition) is 4. The summed E-state index contributed by atoms with van der Waals surface area (Å²) in [5, 5.41) is 0. The Morgan fingerprint density at radius 3 is 1.48 bits per heavy atom. The number of aromatic nitrogens is 2. The molecular formula is C20H41N2O4P. The second-order valence-electron chi connectivity index (χ2n) is 7.25. The van der Waals surface area contributed by atoms with Crippen LogP contribution in [0.3, 0.4) is 0 Å². The Hall–Kier alpha value is -0.680. The van der Waals surface area contributed by atoms with Crippen LogP contribution in [0, 0.1) is 0 Å². The summed E-state index contributed by atoms with van der Waals surface area (Å²) in [6.45, 7) is 2.29. The maximum atomic E-state index is 8.88. The average Bonchev–Trinajstić information content (AvgIpc) is 3.10. The number of imidazole rings is 1. The van der Waals surface area contributed by atoms with Crippen molar-refractivity contribution in [2.24, 2.45) is 0 Å². The van der Waals surface area contributed by atoms with Gasteiger partial charge in [-0.05, 0) is 6.42 Å². The molecule has 4 N–H and O–H groups in total. The van der Waals surface area contributed by atoms with Crippen LogP contribution in [0.2, 0.25) is 0 Å². The highest BCUT2D eigenvalue weighted by molar-refractivity contribution is 7.45. The average molecular weight is 405 g/mol. The minimum atomic E-state index is -4.64. The zero-order chi connectivity index (χ0) is 20.2. The minimum Gasteiger partial charge on any atom is -0.349 e. The molecule has 0 atom stereocenters. The van der Waals surface area contributed by atoms with Crippen LogP contribution in [0.4, 0.5) is 0 Å². The molecule has 0 amide bonds. The van der Waals surface area contributed by atoms with Gasteiger partial charge in [0.05, 0.1) is 0 Å². The zero-order valence-corrected chi connectivity index (χ0v) is 18.0. The fourth-order valence-electron chi connectivity index (χ4n) is 3.10. The summed E-state index contributed by atoms with van der Waals surface area (Å²) >= 11 is 0. The van der Waals surface area contributed by atoms with E-state index in [1.807, 2.05) is 12.4 Å². The van der Waals surface area contributed by atoms with Crippen molar-refractivity contribution in [2.75, 3.05) is 0 Å². The summed E-state index contributed by atoms with van der Waals surface area (Å²) in [5.41, 5.74) is 0. The number of hydrogen-bond acceptors (Lipinski definition) is 2. The Kier molecular flexibility index (Phi) is 18.2. The first-order valence-corrected chi connectivity index (χ1v) is 12.3. The highest BCUT2D eigenvalue weighted by atomic mass is 31.2. The number of phosphoric acid groups is 1. The van der Waals surface area contributed by atoms with E-state index in [9.17, 15) is 0 Å². The molecule has 0 aromatic carbocycles. The second kappa shape index (κ2) is 18.7. The van der Waals surface area contributed by atoms with Gasteiger partial charge in [-0.25, -0.2) is 9.55 Å². The molecule has 160 valence electrons. The predicted octanol–water partition coefficient (Wildman–Crippen LogP) is 5.90. The van der Waals surface area contributed by atoms with Crippen LogP contribution in [0.15, 0.2) is 12.4 Å². The third-order valence-corrected chi connectivity index (χ3v) is 4.57. The van der Waals surface area contributed by atoms with Gasteiger partial charge < -0.3 is 19.7 Å². The van der Waals surface area contributed by atoms with Crippen LogP contribution in [0.25, 0.3) is 0 Å². The van der Waals surface area contributed by atoms with Crippen LogP contribution in [-0.2, 0) is 11.0 Å². The van der Waals surface area contributed by atoms with Gasteiger partial charge in [0.25, 0.3) is 0 Å². The van der Waals surface area contributed by atoms with Crippen molar-refractivity contribution < 1.29 is 19.2 Å². The van der Waals surface area contributed by atoms with Gasteiger partial charge in [0.15, 0.2) is 0 Å². The van der Waals surface area contributed by atoms with Crippen LogP contribution in [-0.4, -0.2) is 24.6 Å². The van der Waals surface area contributed by atoms with Crippen molar-refractivity contribution in [2.45, 2.75) is 110 Å².